The minimum atomic E-state index is -2.85. The highest BCUT2D eigenvalue weighted by atomic mass is 19.3. The number of likely N-dealkylation sites (N-methyl/N-ethyl adjacent to an activating group) is 1. The van der Waals surface area contributed by atoms with E-state index in [4.69, 9.17) is 0 Å². The van der Waals surface area contributed by atoms with Crippen LogP contribution in [0, 0.1) is 5.92 Å². The summed E-state index contributed by atoms with van der Waals surface area (Å²) in [5.41, 5.74) is 0.869. The minimum Gasteiger partial charge on any atom is -0.435 e. The van der Waals surface area contributed by atoms with Crippen LogP contribution >= 0.6 is 0 Å². The summed E-state index contributed by atoms with van der Waals surface area (Å²) in [4.78, 5) is 24.3. The van der Waals surface area contributed by atoms with Crippen LogP contribution in [0.15, 0.2) is 24.3 Å². The Bertz CT molecular complexity index is 551. The van der Waals surface area contributed by atoms with E-state index in [0.717, 1.165) is 16.9 Å². The lowest BCUT2D eigenvalue weighted by atomic mass is 10.1. The molecule has 0 radical (unpaired) electrons. The number of quaternary nitrogens is 1. The molecule has 0 heterocycles. The van der Waals surface area contributed by atoms with Crippen LogP contribution in [0.25, 0.3) is 0 Å². The Morgan fingerprint density at radius 3 is 2.40 bits per heavy atom. The zero-order valence-electron chi connectivity index (χ0n) is 14.8. The first-order valence-electron chi connectivity index (χ1n) is 8.19. The number of carbonyl (C=O) groups excluding carboxylic acids is 2. The van der Waals surface area contributed by atoms with Crippen LogP contribution in [0.4, 0.5) is 13.6 Å². The fourth-order valence-electron chi connectivity index (χ4n) is 2.16. The van der Waals surface area contributed by atoms with Gasteiger partial charge in [0, 0.05) is 12.1 Å². The maximum atomic E-state index is 12.1. The van der Waals surface area contributed by atoms with Crippen molar-refractivity contribution < 1.29 is 28.0 Å². The molecule has 0 aliphatic heterocycles. The number of amides is 3. The van der Waals surface area contributed by atoms with E-state index in [1.54, 1.807) is 19.2 Å². The summed E-state index contributed by atoms with van der Waals surface area (Å²) in [6, 6.07) is 5.75. The number of imide groups is 1. The van der Waals surface area contributed by atoms with Crippen molar-refractivity contribution in [1.29, 1.82) is 0 Å². The number of nitrogens with one attached hydrogen (secondary N) is 3. The first kappa shape index (κ1) is 20.8. The zero-order valence-corrected chi connectivity index (χ0v) is 14.8. The van der Waals surface area contributed by atoms with E-state index in [9.17, 15) is 18.4 Å². The first-order chi connectivity index (χ1) is 11.8. The average molecular weight is 358 g/mol. The summed E-state index contributed by atoms with van der Waals surface area (Å²) in [5.74, 6) is 0.188. The molecule has 0 aliphatic carbocycles. The average Bonchev–Trinajstić information content (AvgIpc) is 2.47. The van der Waals surface area contributed by atoms with E-state index in [1.165, 1.54) is 12.1 Å². The number of benzene rings is 1. The molecule has 140 valence electrons. The van der Waals surface area contributed by atoms with Crippen molar-refractivity contribution in [3.05, 3.63) is 29.8 Å². The van der Waals surface area contributed by atoms with Crippen molar-refractivity contribution in [2.45, 2.75) is 33.4 Å². The van der Waals surface area contributed by atoms with E-state index in [-0.39, 0.29) is 18.2 Å². The highest BCUT2D eigenvalue weighted by Gasteiger charge is 2.14. The molecule has 25 heavy (non-hydrogen) atoms. The molecular formula is C17H26F2N3O3+. The second kappa shape index (κ2) is 10.6. The van der Waals surface area contributed by atoms with Gasteiger partial charge in [0.15, 0.2) is 6.54 Å². The molecule has 0 spiro atoms. The molecule has 0 saturated carbocycles. The molecule has 1 aromatic rings. The van der Waals surface area contributed by atoms with Crippen LogP contribution in [0.3, 0.4) is 0 Å². The molecule has 6 nitrogen and oxygen atoms in total. The summed E-state index contributed by atoms with van der Waals surface area (Å²) in [7, 11) is 1.81. The van der Waals surface area contributed by atoms with Gasteiger partial charge in [0.05, 0.1) is 7.05 Å². The number of ether oxygens (including phenoxy) is 1. The van der Waals surface area contributed by atoms with Gasteiger partial charge in [0.1, 0.15) is 12.3 Å². The number of hydrogen-bond acceptors (Lipinski definition) is 3. The SMILES string of the molecule is CC(C)CCNC(=O)NC(=O)C[NH+](C)Cc1ccc(OC(F)F)cc1. The molecule has 3 N–H and O–H groups in total. The predicted molar refractivity (Wildman–Crippen MR) is 89.5 cm³/mol. The quantitative estimate of drug-likeness (QED) is 0.621. The topological polar surface area (TPSA) is 71.9 Å². The van der Waals surface area contributed by atoms with Crippen molar-refractivity contribution in [2.75, 3.05) is 20.1 Å². The number of rotatable bonds is 9. The Morgan fingerprint density at radius 2 is 1.84 bits per heavy atom. The van der Waals surface area contributed by atoms with Gasteiger partial charge in [-0.2, -0.15) is 8.78 Å². The lowest BCUT2D eigenvalue weighted by Crippen LogP contribution is -3.09. The summed E-state index contributed by atoms with van der Waals surface area (Å²) in [6.45, 7) is 2.40. The number of carbonyl (C=O) groups is 2. The molecule has 0 bridgehead atoms. The van der Waals surface area contributed by atoms with Crippen LogP contribution in [-0.4, -0.2) is 38.7 Å². The Labute approximate surface area is 146 Å². The molecular weight excluding hydrogens is 332 g/mol. The monoisotopic (exact) mass is 358 g/mol. The van der Waals surface area contributed by atoms with E-state index in [2.05, 4.69) is 29.2 Å². The van der Waals surface area contributed by atoms with Crippen molar-refractivity contribution in [3.63, 3.8) is 0 Å². The maximum Gasteiger partial charge on any atom is 0.387 e. The highest BCUT2D eigenvalue weighted by molar-refractivity contribution is 5.94. The Kier molecular flexibility index (Phi) is 8.83. The van der Waals surface area contributed by atoms with Crippen molar-refractivity contribution in [1.82, 2.24) is 10.6 Å². The molecule has 0 fully saturated rings. The van der Waals surface area contributed by atoms with Gasteiger partial charge in [-0.25, -0.2) is 4.79 Å². The normalized spacial score (nSPS) is 12.1. The van der Waals surface area contributed by atoms with Gasteiger partial charge in [0.25, 0.3) is 5.91 Å². The molecule has 1 rings (SSSR count). The van der Waals surface area contributed by atoms with Crippen molar-refractivity contribution >= 4 is 11.9 Å². The van der Waals surface area contributed by atoms with Crippen LogP contribution in [-0.2, 0) is 11.3 Å². The highest BCUT2D eigenvalue weighted by Crippen LogP contribution is 2.14. The second-order valence-electron chi connectivity index (χ2n) is 6.32. The molecule has 1 atom stereocenters. The third-order valence-corrected chi connectivity index (χ3v) is 3.38. The van der Waals surface area contributed by atoms with Gasteiger partial charge in [-0.15, -0.1) is 0 Å². The predicted octanol–water partition coefficient (Wildman–Crippen LogP) is 1.17. The lowest BCUT2D eigenvalue weighted by molar-refractivity contribution is -0.885. The fraction of sp³-hybridized carbons (Fsp3) is 0.529. The van der Waals surface area contributed by atoms with Gasteiger partial charge < -0.3 is 15.0 Å². The van der Waals surface area contributed by atoms with E-state index in [1.807, 2.05) is 0 Å². The largest absolute Gasteiger partial charge is 0.435 e. The number of alkyl halides is 2. The maximum absolute atomic E-state index is 12.1. The smallest absolute Gasteiger partial charge is 0.387 e. The van der Waals surface area contributed by atoms with Crippen LogP contribution in [0.2, 0.25) is 0 Å². The van der Waals surface area contributed by atoms with E-state index >= 15 is 0 Å². The second-order valence-corrected chi connectivity index (χ2v) is 6.32. The fourth-order valence-corrected chi connectivity index (χ4v) is 2.16. The molecule has 8 heteroatoms. The van der Waals surface area contributed by atoms with Crippen molar-refractivity contribution in [3.8, 4) is 5.75 Å². The Balaban J connectivity index is 2.34. The van der Waals surface area contributed by atoms with Crippen LogP contribution in [0.1, 0.15) is 25.8 Å². The van der Waals surface area contributed by atoms with E-state index < -0.39 is 12.6 Å². The summed E-state index contributed by atoms with van der Waals surface area (Å²) >= 11 is 0. The molecule has 0 aromatic heterocycles. The molecule has 1 unspecified atom stereocenters. The van der Waals surface area contributed by atoms with Gasteiger partial charge in [0.2, 0.25) is 0 Å². The lowest BCUT2D eigenvalue weighted by Gasteiger charge is -2.14. The third-order valence-electron chi connectivity index (χ3n) is 3.38. The standard InChI is InChI=1S/C17H25F2N3O3/c1-12(2)8-9-20-17(24)21-15(23)11-22(3)10-13-4-6-14(7-5-13)25-16(18)19/h4-7,12,16H,8-11H2,1-3H3,(H2,20,21,23,24)/p+1. The van der Waals surface area contributed by atoms with Gasteiger partial charge in [-0.05, 0) is 36.6 Å². The van der Waals surface area contributed by atoms with E-state index in [0.29, 0.717) is 19.0 Å². The molecule has 3 amide bonds. The number of halogens is 2. The summed E-state index contributed by atoms with van der Waals surface area (Å²) in [5, 5.41) is 4.92. The Morgan fingerprint density at radius 1 is 1.20 bits per heavy atom. The zero-order chi connectivity index (χ0) is 18.8. The number of hydrogen-bond donors (Lipinski definition) is 3. The third kappa shape index (κ3) is 9.61. The van der Waals surface area contributed by atoms with Gasteiger partial charge >= 0.3 is 12.6 Å². The summed E-state index contributed by atoms with van der Waals surface area (Å²) in [6.07, 6.45) is 0.845. The van der Waals surface area contributed by atoms with Crippen LogP contribution in [0.5, 0.6) is 5.75 Å². The summed E-state index contributed by atoms with van der Waals surface area (Å²) < 4.78 is 28.5. The van der Waals surface area contributed by atoms with Crippen LogP contribution < -0.4 is 20.3 Å². The minimum absolute atomic E-state index is 0.0900. The van der Waals surface area contributed by atoms with Gasteiger partial charge in [-0.1, -0.05) is 13.8 Å². The molecule has 0 aliphatic rings. The number of urea groups is 1. The molecule has 0 saturated heterocycles. The van der Waals surface area contributed by atoms with Crippen molar-refractivity contribution in [2.24, 2.45) is 5.92 Å². The Hall–Kier alpha value is -2.22. The molecule has 1 aromatic carbocycles. The first-order valence-corrected chi connectivity index (χ1v) is 8.19. The van der Waals surface area contributed by atoms with Gasteiger partial charge in [-0.3, -0.25) is 10.1 Å².